The number of ether oxygens (including phenoxy) is 1. The molecule has 0 aromatic carbocycles. The minimum Gasteiger partial charge on any atom is -0.481 e. The second-order valence-corrected chi connectivity index (χ2v) is 10.1. The number of hydrogen-bond donors (Lipinski definition) is 4. The number of nitrogens with two attached hydrogens (primary N) is 1. The molecule has 34 heavy (non-hydrogen) atoms. The predicted molar refractivity (Wildman–Crippen MR) is 125 cm³/mol. The van der Waals surface area contributed by atoms with Gasteiger partial charge in [-0.05, 0) is 24.8 Å². The molecule has 14 heteroatoms. The van der Waals surface area contributed by atoms with E-state index < -0.39 is 47.3 Å². The first-order valence-corrected chi connectivity index (χ1v) is 12.3. The number of aromatic nitrogens is 4. The van der Waals surface area contributed by atoms with Crippen LogP contribution >= 0.6 is 0 Å². The normalized spacial score (nSPS) is 23.6. The number of carboxylic acid groups (broad SMARTS) is 1. The zero-order valence-electron chi connectivity index (χ0n) is 18.6. The number of unbranched alkanes of at least 4 members (excludes halogenated alkanes) is 1. The van der Waals surface area contributed by atoms with E-state index in [0.29, 0.717) is 47.8 Å². The fourth-order valence-corrected chi connectivity index (χ4v) is 5.79. The maximum atomic E-state index is 11.4. The number of hydrogen-bond acceptors (Lipinski definition) is 9. The third kappa shape index (κ3) is 6.07. The van der Waals surface area contributed by atoms with Gasteiger partial charge in [0.05, 0.1) is 12.2 Å². The van der Waals surface area contributed by atoms with Gasteiger partial charge in [0, 0.05) is 28.8 Å². The van der Waals surface area contributed by atoms with E-state index in [2.05, 4.69) is 36.8 Å². The van der Waals surface area contributed by atoms with E-state index >= 15 is 0 Å². The Balaban J connectivity index is 1.70. The summed E-state index contributed by atoms with van der Waals surface area (Å²) in [5.41, 5.74) is 14.9. The van der Waals surface area contributed by atoms with Crippen LogP contribution in [0.2, 0.25) is 0 Å². The zero-order chi connectivity index (χ0) is 24.7. The Morgan fingerprint density at radius 3 is 2.91 bits per heavy atom. The molecule has 1 fully saturated rings. The van der Waals surface area contributed by atoms with Gasteiger partial charge in [0.2, 0.25) is 0 Å². The zero-order valence-corrected chi connectivity index (χ0v) is 19.4. The molecule has 2 aromatic heterocycles. The number of nitrogen functional groups attached to an aromatic ring is 1. The number of anilines is 1. The smallest absolute Gasteiger partial charge is 0.310 e. The number of carboxylic acids is 1. The molecule has 0 spiro atoms. The number of aliphatic carboxylic acids is 1. The highest BCUT2D eigenvalue weighted by molar-refractivity contribution is 7.97. The van der Waals surface area contributed by atoms with Crippen molar-refractivity contribution in [2.24, 2.45) is 11.0 Å². The van der Waals surface area contributed by atoms with Crippen LogP contribution in [0.5, 0.6) is 0 Å². The van der Waals surface area contributed by atoms with Crippen LogP contribution in [0.1, 0.15) is 26.0 Å². The molecule has 0 bridgehead atoms. The lowest BCUT2D eigenvalue weighted by Gasteiger charge is -2.17. The molecule has 0 radical (unpaired) electrons. The Kier molecular flexibility index (Phi) is 8.91. The van der Waals surface area contributed by atoms with E-state index in [1.54, 1.807) is 6.92 Å². The highest BCUT2D eigenvalue weighted by Gasteiger charge is 2.47. The standard InChI is InChI=1S/C20H26N8O5S/c1-12(20(31)32)8-34(7-5-3-2-4-6-26-27-22)9-13-15(29)16(30)19(33-13)28-11-25-14-17(21)23-10-24-18(14)28/h10-13,15-16,19,29-30H,2,4,6-9H2,1H3,(H2-,21,23,24,31,32)/p+1/t12-,13+,15-,16?,19+,34?/m0/s1. The largest absolute Gasteiger partial charge is 0.481 e. The lowest BCUT2D eigenvalue weighted by atomic mass is 10.1. The van der Waals surface area contributed by atoms with Crippen molar-refractivity contribution in [3.05, 3.63) is 23.1 Å². The Morgan fingerprint density at radius 2 is 2.18 bits per heavy atom. The lowest BCUT2D eigenvalue weighted by Crippen LogP contribution is -2.38. The van der Waals surface area contributed by atoms with Gasteiger partial charge in [-0.25, -0.2) is 15.0 Å². The molecular formula is C20H27N8O5S+. The summed E-state index contributed by atoms with van der Waals surface area (Å²) in [5, 5.41) is 34.2. The van der Waals surface area contributed by atoms with Gasteiger partial charge in [0.15, 0.2) is 23.4 Å². The van der Waals surface area contributed by atoms with Crippen molar-refractivity contribution in [1.82, 2.24) is 19.5 Å². The molecule has 5 N–H and O–H groups in total. The van der Waals surface area contributed by atoms with Crippen molar-refractivity contribution in [3.63, 3.8) is 0 Å². The monoisotopic (exact) mass is 491 g/mol. The van der Waals surface area contributed by atoms with Crippen LogP contribution in [-0.4, -0.2) is 82.9 Å². The third-order valence-electron chi connectivity index (χ3n) is 5.33. The van der Waals surface area contributed by atoms with Crippen LogP contribution in [0, 0.1) is 17.8 Å². The molecule has 0 saturated carbocycles. The van der Waals surface area contributed by atoms with Crippen molar-refractivity contribution in [1.29, 1.82) is 0 Å². The second-order valence-electron chi connectivity index (χ2n) is 7.87. The number of aliphatic hydroxyl groups is 2. The van der Waals surface area contributed by atoms with Crippen LogP contribution < -0.4 is 5.73 Å². The summed E-state index contributed by atoms with van der Waals surface area (Å²) < 4.78 is 7.51. The van der Waals surface area contributed by atoms with Gasteiger partial charge in [-0.2, -0.15) is 0 Å². The summed E-state index contributed by atoms with van der Waals surface area (Å²) >= 11 is 0. The Labute approximate surface area is 198 Å². The molecule has 6 atom stereocenters. The molecule has 1 saturated heterocycles. The highest BCUT2D eigenvalue weighted by Crippen LogP contribution is 2.33. The summed E-state index contributed by atoms with van der Waals surface area (Å²) in [5.74, 6) is 5.91. The maximum Gasteiger partial charge on any atom is 0.310 e. The molecule has 0 amide bonds. The Morgan fingerprint density at radius 1 is 1.38 bits per heavy atom. The second kappa shape index (κ2) is 11.9. The molecule has 1 aliphatic heterocycles. The van der Waals surface area contributed by atoms with Gasteiger partial charge in [0.1, 0.15) is 41.7 Å². The van der Waals surface area contributed by atoms with Crippen LogP contribution in [-0.2, 0) is 20.4 Å². The average Bonchev–Trinajstić information content (AvgIpc) is 3.35. The molecular weight excluding hydrogens is 464 g/mol. The molecule has 13 nitrogen and oxygen atoms in total. The van der Waals surface area contributed by atoms with E-state index in [1.807, 2.05) is 0 Å². The van der Waals surface area contributed by atoms with Crippen molar-refractivity contribution in [3.8, 4) is 11.8 Å². The fraction of sp³-hybridized carbons (Fsp3) is 0.600. The number of nitrogens with zero attached hydrogens (tertiary/aromatic N) is 7. The van der Waals surface area contributed by atoms with Gasteiger partial charge in [-0.3, -0.25) is 9.36 Å². The van der Waals surface area contributed by atoms with Gasteiger partial charge in [-0.15, -0.1) is 0 Å². The van der Waals surface area contributed by atoms with Gasteiger partial charge >= 0.3 is 5.97 Å². The summed E-state index contributed by atoms with van der Waals surface area (Å²) in [6.45, 7) is 1.99. The van der Waals surface area contributed by atoms with E-state index in [1.165, 1.54) is 17.2 Å². The SMILES string of the molecule is C[C@@H](C[S+](CC#CCCCN=[N+]=[N-])C[C@H]1O[C@@H](n2cnc3c(N)ncnc32)C(O)[C@H]1O)C(=O)O. The van der Waals surface area contributed by atoms with E-state index in [9.17, 15) is 20.1 Å². The summed E-state index contributed by atoms with van der Waals surface area (Å²) in [7, 11) is -0.505. The van der Waals surface area contributed by atoms with Crippen LogP contribution in [0.3, 0.4) is 0 Å². The van der Waals surface area contributed by atoms with E-state index in [-0.39, 0.29) is 5.82 Å². The summed E-state index contributed by atoms with van der Waals surface area (Å²) in [6, 6.07) is 0. The van der Waals surface area contributed by atoms with Gasteiger partial charge in [0.25, 0.3) is 0 Å². The van der Waals surface area contributed by atoms with Crippen LogP contribution in [0.25, 0.3) is 21.6 Å². The van der Waals surface area contributed by atoms with Gasteiger partial charge < -0.3 is 25.8 Å². The number of imidazole rings is 1. The number of rotatable bonds is 10. The predicted octanol–water partition coefficient (Wildman–Crippen LogP) is 0.461. The summed E-state index contributed by atoms with van der Waals surface area (Å²) in [4.78, 5) is 26.3. The maximum absolute atomic E-state index is 11.4. The lowest BCUT2D eigenvalue weighted by molar-refractivity contribution is -0.140. The number of fused-ring (bicyclic) bond motifs is 1. The fourth-order valence-electron chi connectivity index (χ4n) is 3.52. The van der Waals surface area contributed by atoms with E-state index in [0.717, 1.165) is 0 Å². The molecule has 2 unspecified atom stereocenters. The van der Waals surface area contributed by atoms with E-state index in [4.69, 9.17) is 16.0 Å². The van der Waals surface area contributed by atoms with Crippen LogP contribution in [0.4, 0.5) is 5.82 Å². The molecule has 182 valence electrons. The summed E-state index contributed by atoms with van der Waals surface area (Å²) in [6.07, 6.45) is -0.190. The first-order chi connectivity index (χ1) is 16.3. The van der Waals surface area contributed by atoms with Crippen molar-refractivity contribution in [2.45, 2.75) is 44.3 Å². The van der Waals surface area contributed by atoms with Crippen molar-refractivity contribution >= 4 is 33.8 Å². The molecule has 1 aliphatic rings. The molecule has 3 heterocycles. The quantitative estimate of drug-likeness (QED) is 0.0908. The average molecular weight is 492 g/mol. The van der Waals surface area contributed by atoms with Crippen molar-refractivity contribution in [2.75, 3.05) is 29.5 Å². The first-order valence-electron chi connectivity index (χ1n) is 10.6. The highest BCUT2D eigenvalue weighted by atomic mass is 32.2. The van der Waals surface area contributed by atoms with Crippen LogP contribution in [0.15, 0.2) is 17.8 Å². The first kappa shape index (κ1) is 25.5. The number of carbonyl (C=O) groups is 1. The topological polar surface area (TPSA) is 205 Å². The minimum absolute atomic E-state index is 0.190. The number of azide groups is 1. The Hall–Kier alpha value is -3.08. The minimum atomic E-state index is -1.24. The molecule has 2 aromatic rings. The van der Waals surface area contributed by atoms with Gasteiger partial charge in [-0.1, -0.05) is 11.0 Å². The molecule has 3 rings (SSSR count). The third-order valence-corrected chi connectivity index (χ3v) is 7.65. The number of aliphatic hydroxyl groups excluding tert-OH is 2. The Bertz CT molecular complexity index is 1110. The van der Waals surface area contributed by atoms with Crippen molar-refractivity contribution < 1.29 is 24.9 Å². The molecule has 0 aliphatic carbocycles.